The molecule has 14 heteroatoms. The average Bonchev–Trinajstić information content (AvgIpc) is 3.88. The zero-order valence-corrected chi connectivity index (χ0v) is 29.7. The molecule has 4 heterocycles. The van der Waals surface area contributed by atoms with Crippen LogP contribution in [-0.4, -0.2) is 74.8 Å². The van der Waals surface area contributed by atoms with Crippen molar-refractivity contribution in [3.05, 3.63) is 111 Å². The van der Waals surface area contributed by atoms with Crippen LogP contribution in [0.25, 0.3) is 5.69 Å². The number of hydrogen-bond donors (Lipinski definition) is 0. The van der Waals surface area contributed by atoms with E-state index in [9.17, 15) is 4.79 Å². The van der Waals surface area contributed by atoms with Crippen LogP contribution < -0.4 is 20.2 Å². The number of anilines is 2. The highest BCUT2D eigenvalue weighted by Gasteiger charge is 2.46. The summed E-state index contributed by atoms with van der Waals surface area (Å²) in [4.78, 5) is 19.1. The van der Waals surface area contributed by atoms with Crippen molar-refractivity contribution in [2.75, 3.05) is 49.2 Å². The van der Waals surface area contributed by atoms with Crippen LogP contribution in [0.1, 0.15) is 31.9 Å². The second kappa shape index (κ2) is 14.4. The standard InChI is InChI=1S/C35H38BrClN8O4/c1-3-25(2)45-34(46)43(24-40-45)29-7-5-27(6-8-29)41-16-18-42(19-17-41)28-9-11-30(12-10-28)47-21-31-22-48-35(49-31,23-44-38-14-15-39-44)32-13-4-26(37)20-33(32)36/h4-15,20,24-25,31H,3,16-19,21-23H2,1-2H3/t25?,31-,35-/m1/s1. The van der Waals surface area contributed by atoms with Gasteiger partial charge in [0.1, 0.15) is 31.3 Å². The molecule has 2 aliphatic rings. The topological polar surface area (TPSA) is 105 Å². The van der Waals surface area contributed by atoms with Crippen molar-refractivity contribution < 1.29 is 14.2 Å². The summed E-state index contributed by atoms with van der Waals surface area (Å²) < 4.78 is 22.9. The monoisotopic (exact) mass is 748 g/mol. The molecule has 12 nitrogen and oxygen atoms in total. The molecule has 0 saturated carbocycles. The van der Waals surface area contributed by atoms with Crippen LogP contribution in [0.4, 0.5) is 11.4 Å². The molecule has 3 atom stereocenters. The van der Waals surface area contributed by atoms with Crippen LogP contribution in [0.15, 0.2) is 94.7 Å². The molecule has 5 aromatic rings. The molecule has 1 unspecified atom stereocenters. The van der Waals surface area contributed by atoms with Crippen LogP contribution in [0.3, 0.4) is 0 Å². The van der Waals surface area contributed by atoms with Crippen molar-refractivity contribution in [3.8, 4) is 11.4 Å². The Morgan fingerprint density at radius 1 is 0.939 bits per heavy atom. The van der Waals surface area contributed by atoms with Crippen LogP contribution >= 0.6 is 27.5 Å². The lowest BCUT2D eigenvalue weighted by Gasteiger charge is -2.37. The minimum atomic E-state index is -1.10. The molecular formula is C35H38BrClN8O4. The minimum Gasteiger partial charge on any atom is -0.491 e. The highest BCUT2D eigenvalue weighted by molar-refractivity contribution is 9.10. The normalized spacial score (nSPS) is 20.1. The van der Waals surface area contributed by atoms with Gasteiger partial charge in [-0.3, -0.25) is 0 Å². The molecule has 0 bridgehead atoms. The first-order chi connectivity index (χ1) is 23.8. The van der Waals surface area contributed by atoms with E-state index in [-0.39, 0.29) is 24.4 Å². The van der Waals surface area contributed by atoms with Crippen LogP contribution in [-0.2, 0) is 21.8 Å². The van der Waals surface area contributed by atoms with E-state index >= 15 is 0 Å². The van der Waals surface area contributed by atoms with E-state index in [1.807, 2.05) is 56.3 Å². The molecular weight excluding hydrogens is 712 g/mol. The van der Waals surface area contributed by atoms with E-state index in [1.165, 1.54) is 0 Å². The van der Waals surface area contributed by atoms with Crippen molar-refractivity contribution in [2.45, 2.75) is 44.7 Å². The molecule has 0 spiro atoms. The molecule has 7 rings (SSSR count). The summed E-state index contributed by atoms with van der Waals surface area (Å²) in [6, 6.07) is 21.9. The van der Waals surface area contributed by atoms with Gasteiger partial charge < -0.3 is 24.0 Å². The summed E-state index contributed by atoms with van der Waals surface area (Å²) in [6.45, 7) is 8.57. The average molecular weight is 750 g/mol. The Hall–Kier alpha value is -4.17. The summed E-state index contributed by atoms with van der Waals surface area (Å²) >= 11 is 9.83. The fraction of sp³-hybridized carbons (Fsp3) is 0.371. The van der Waals surface area contributed by atoms with E-state index in [1.54, 1.807) is 32.8 Å². The maximum Gasteiger partial charge on any atom is 0.350 e. The largest absolute Gasteiger partial charge is 0.491 e. The van der Waals surface area contributed by atoms with Crippen molar-refractivity contribution in [2.24, 2.45) is 0 Å². The second-order valence-electron chi connectivity index (χ2n) is 12.3. The molecule has 2 saturated heterocycles. The second-order valence-corrected chi connectivity index (χ2v) is 13.6. The molecule has 49 heavy (non-hydrogen) atoms. The zero-order valence-electron chi connectivity index (χ0n) is 27.4. The third-order valence-electron chi connectivity index (χ3n) is 9.13. The number of piperazine rings is 1. The first kappa shape index (κ1) is 33.3. The van der Waals surface area contributed by atoms with E-state index in [0.29, 0.717) is 18.2 Å². The van der Waals surface area contributed by atoms with E-state index in [0.717, 1.165) is 65.4 Å². The van der Waals surface area contributed by atoms with Crippen molar-refractivity contribution in [3.63, 3.8) is 0 Å². The summed E-state index contributed by atoms with van der Waals surface area (Å²) in [5.74, 6) is -0.333. The molecule has 2 aliphatic heterocycles. The lowest BCUT2D eigenvalue weighted by molar-refractivity contribution is -0.193. The number of benzene rings is 3. The van der Waals surface area contributed by atoms with Gasteiger partial charge in [-0.1, -0.05) is 40.5 Å². The van der Waals surface area contributed by atoms with Gasteiger partial charge >= 0.3 is 5.69 Å². The Labute approximate surface area is 297 Å². The van der Waals surface area contributed by atoms with Gasteiger partial charge in [-0.25, -0.2) is 14.0 Å². The Bertz CT molecular complexity index is 1910. The fourth-order valence-corrected chi connectivity index (χ4v) is 7.21. The number of halogens is 2. The minimum absolute atomic E-state index is 0.0667. The smallest absolute Gasteiger partial charge is 0.350 e. The summed E-state index contributed by atoms with van der Waals surface area (Å²) in [5.41, 5.74) is 3.80. The lowest BCUT2D eigenvalue weighted by atomic mass is 10.1. The number of hydrogen-bond acceptors (Lipinski definition) is 9. The van der Waals surface area contributed by atoms with Crippen molar-refractivity contribution in [1.29, 1.82) is 0 Å². The lowest BCUT2D eigenvalue weighted by Crippen LogP contribution is -2.46. The van der Waals surface area contributed by atoms with Gasteiger partial charge in [0.05, 0.1) is 30.7 Å². The van der Waals surface area contributed by atoms with Crippen LogP contribution in [0.5, 0.6) is 5.75 Å². The maximum absolute atomic E-state index is 12.8. The fourth-order valence-electron chi connectivity index (χ4n) is 6.22. The van der Waals surface area contributed by atoms with Gasteiger partial charge in [0, 0.05) is 52.6 Å². The van der Waals surface area contributed by atoms with Gasteiger partial charge in [-0.2, -0.15) is 20.1 Å². The quantitative estimate of drug-likeness (QED) is 0.169. The molecule has 0 N–H and O–H groups in total. The third kappa shape index (κ3) is 7.11. The van der Waals surface area contributed by atoms with Gasteiger partial charge in [0.2, 0.25) is 5.79 Å². The number of ether oxygens (including phenoxy) is 3. The molecule has 0 radical (unpaired) electrons. The molecule has 2 aromatic heterocycles. The first-order valence-electron chi connectivity index (χ1n) is 16.4. The molecule has 2 fully saturated rings. The van der Waals surface area contributed by atoms with Crippen LogP contribution in [0, 0.1) is 0 Å². The van der Waals surface area contributed by atoms with Crippen molar-refractivity contribution >= 4 is 38.9 Å². The molecule has 256 valence electrons. The highest BCUT2D eigenvalue weighted by Crippen LogP contribution is 2.40. The predicted molar refractivity (Wildman–Crippen MR) is 191 cm³/mol. The number of nitrogens with zero attached hydrogens (tertiary/aromatic N) is 8. The number of aromatic nitrogens is 6. The van der Waals surface area contributed by atoms with Gasteiger partial charge in [0.15, 0.2) is 0 Å². The molecule has 0 amide bonds. The summed E-state index contributed by atoms with van der Waals surface area (Å²) in [7, 11) is 0. The highest BCUT2D eigenvalue weighted by atomic mass is 79.9. The molecule has 3 aromatic carbocycles. The summed E-state index contributed by atoms with van der Waals surface area (Å²) in [6.07, 6.45) is 5.40. The zero-order chi connectivity index (χ0) is 34.0. The van der Waals surface area contributed by atoms with E-state index < -0.39 is 5.79 Å². The van der Waals surface area contributed by atoms with Gasteiger partial charge in [0.25, 0.3) is 0 Å². The summed E-state index contributed by atoms with van der Waals surface area (Å²) in [5, 5.41) is 13.4. The van der Waals surface area contributed by atoms with Gasteiger partial charge in [-0.05, 0) is 74.0 Å². The Morgan fingerprint density at radius 2 is 1.57 bits per heavy atom. The predicted octanol–water partition coefficient (Wildman–Crippen LogP) is 5.69. The third-order valence-corrected chi connectivity index (χ3v) is 10.0. The first-order valence-corrected chi connectivity index (χ1v) is 17.6. The van der Waals surface area contributed by atoms with E-state index in [4.69, 9.17) is 25.8 Å². The van der Waals surface area contributed by atoms with E-state index in [2.05, 4.69) is 65.3 Å². The van der Waals surface area contributed by atoms with Gasteiger partial charge in [-0.15, -0.1) is 0 Å². The maximum atomic E-state index is 12.8. The van der Waals surface area contributed by atoms with Crippen molar-refractivity contribution in [1.82, 2.24) is 29.3 Å². The molecule has 0 aliphatic carbocycles. The van der Waals surface area contributed by atoms with Crippen LogP contribution in [0.2, 0.25) is 5.02 Å². The Balaban J connectivity index is 0.925. The Morgan fingerprint density at radius 3 is 2.20 bits per heavy atom. The number of rotatable bonds is 11. The SMILES string of the molecule is CCC(C)n1ncn(-c2ccc(N3CCN(c4ccc(OC[C@@H]5CO[C@@](Cn6nccn6)(c6ccc(Cl)cc6Br)O5)cc4)CC3)cc2)c1=O. The Kier molecular flexibility index (Phi) is 9.77.